The van der Waals surface area contributed by atoms with Crippen LogP contribution < -0.4 is 10.5 Å². The normalized spacial score (nSPS) is 11.5. The molecule has 0 saturated carbocycles. The van der Waals surface area contributed by atoms with E-state index in [2.05, 4.69) is 15.2 Å². The highest BCUT2D eigenvalue weighted by atomic mass is 32.2. The zero-order chi connectivity index (χ0) is 21.9. The van der Waals surface area contributed by atoms with E-state index >= 15 is 0 Å². The highest BCUT2D eigenvalue weighted by Crippen LogP contribution is 2.20. The van der Waals surface area contributed by atoms with Gasteiger partial charge in [0.2, 0.25) is 5.88 Å². The lowest BCUT2D eigenvalue weighted by molar-refractivity contribution is 0.0526. The highest BCUT2D eigenvalue weighted by molar-refractivity contribution is 8.13. The van der Waals surface area contributed by atoms with Crippen molar-refractivity contribution >= 4 is 29.1 Å². The van der Waals surface area contributed by atoms with Crippen LogP contribution in [0.15, 0.2) is 83.1 Å². The van der Waals surface area contributed by atoms with E-state index in [1.807, 2.05) is 42.5 Å². The van der Waals surface area contributed by atoms with Gasteiger partial charge in [0, 0.05) is 18.0 Å². The summed E-state index contributed by atoms with van der Waals surface area (Å²) >= 11 is 1.43. The molecule has 8 heteroatoms. The summed E-state index contributed by atoms with van der Waals surface area (Å²) in [7, 11) is 0. The molecule has 3 rings (SSSR count). The molecule has 0 bridgehead atoms. The van der Waals surface area contributed by atoms with Crippen LogP contribution in [0, 0.1) is 0 Å². The van der Waals surface area contributed by atoms with Gasteiger partial charge in [-0.25, -0.2) is 9.78 Å². The summed E-state index contributed by atoms with van der Waals surface area (Å²) in [6.07, 6.45) is 3.11. The van der Waals surface area contributed by atoms with Crippen LogP contribution in [0.4, 0.5) is 0 Å². The Morgan fingerprint density at radius 2 is 1.90 bits per heavy atom. The monoisotopic (exact) mass is 434 g/mol. The molecule has 0 atom stereocenters. The number of esters is 1. The SMILES string of the molecule is CCOC(=O)c1ccnc(Oc2ccc(C=NN=C(N)SCc3ccccc3)cc2)c1. The molecule has 31 heavy (non-hydrogen) atoms. The molecule has 0 spiro atoms. The van der Waals surface area contributed by atoms with Crippen LogP contribution in [0.3, 0.4) is 0 Å². The first kappa shape index (κ1) is 22.0. The van der Waals surface area contributed by atoms with Crippen molar-refractivity contribution in [3.05, 3.63) is 89.6 Å². The Morgan fingerprint density at radius 3 is 2.65 bits per heavy atom. The first-order valence-corrected chi connectivity index (χ1v) is 10.6. The van der Waals surface area contributed by atoms with Gasteiger partial charge in [-0.15, -0.1) is 5.10 Å². The van der Waals surface area contributed by atoms with E-state index in [4.69, 9.17) is 15.2 Å². The van der Waals surface area contributed by atoms with Gasteiger partial charge >= 0.3 is 5.97 Å². The number of hydrogen-bond donors (Lipinski definition) is 1. The summed E-state index contributed by atoms with van der Waals surface area (Å²) in [4.78, 5) is 15.9. The van der Waals surface area contributed by atoms with E-state index < -0.39 is 5.97 Å². The maximum absolute atomic E-state index is 11.8. The molecular formula is C23H22N4O3S. The number of hydrogen-bond acceptors (Lipinski definition) is 7. The number of nitrogens with two attached hydrogens (primary N) is 1. The van der Waals surface area contributed by atoms with Crippen molar-refractivity contribution < 1.29 is 14.3 Å². The largest absolute Gasteiger partial charge is 0.462 e. The van der Waals surface area contributed by atoms with Crippen LogP contribution >= 0.6 is 11.8 Å². The van der Waals surface area contributed by atoms with Gasteiger partial charge in [0.15, 0.2) is 5.17 Å². The molecule has 2 aromatic carbocycles. The number of nitrogens with zero attached hydrogens (tertiary/aromatic N) is 3. The van der Waals surface area contributed by atoms with E-state index in [0.717, 1.165) is 11.3 Å². The molecule has 158 valence electrons. The average molecular weight is 435 g/mol. The molecule has 0 saturated heterocycles. The van der Waals surface area contributed by atoms with Crippen molar-refractivity contribution in [2.75, 3.05) is 6.61 Å². The van der Waals surface area contributed by atoms with E-state index in [9.17, 15) is 4.79 Å². The number of rotatable bonds is 8. The van der Waals surface area contributed by atoms with Crippen LogP contribution in [0.5, 0.6) is 11.6 Å². The molecule has 0 aliphatic heterocycles. The predicted molar refractivity (Wildman–Crippen MR) is 124 cm³/mol. The van der Waals surface area contributed by atoms with Gasteiger partial charge in [0.1, 0.15) is 5.75 Å². The number of benzene rings is 2. The third-order valence-corrected chi connectivity index (χ3v) is 4.80. The summed E-state index contributed by atoms with van der Waals surface area (Å²) in [5.41, 5.74) is 8.28. The molecule has 2 N–H and O–H groups in total. The number of amidine groups is 1. The van der Waals surface area contributed by atoms with Gasteiger partial charge in [0.25, 0.3) is 0 Å². The number of aromatic nitrogens is 1. The van der Waals surface area contributed by atoms with E-state index in [1.54, 1.807) is 31.3 Å². The molecule has 7 nitrogen and oxygen atoms in total. The number of carbonyl (C=O) groups is 1. The Morgan fingerprint density at radius 1 is 1.13 bits per heavy atom. The van der Waals surface area contributed by atoms with Gasteiger partial charge in [0.05, 0.1) is 18.4 Å². The van der Waals surface area contributed by atoms with Crippen molar-refractivity contribution in [1.29, 1.82) is 0 Å². The molecule has 0 aliphatic rings. The summed E-state index contributed by atoms with van der Waals surface area (Å²) < 4.78 is 10.7. The molecular weight excluding hydrogens is 412 g/mol. The molecule has 0 fully saturated rings. The van der Waals surface area contributed by atoms with E-state index in [1.165, 1.54) is 29.6 Å². The summed E-state index contributed by atoms with van der Waals surface area (Å²) in [5.74, 6) is 1.21. The number of carbonyl (C=O) groups excluding carboxylic acids is 1. The zero-order valence-corrected chi connectivity index (χ0v) is 17.8. The topological polar surface area (TPSA) is 99.2 Å². The van der Waals surface area contributed by atoms with Gasteiger partial charge in [-0.3, -0.25) is 0 Å². The Hall–Kier alpha value is -3.65. The molecule has 1 heterocycles. The first-order valence-electron chi connectivity index (χ1n) is 9.58. The van der Waals surface area contributed by atoms with Crippen LogP contribution in [-0.4, -0.2) is 28.9 Å². The lowest BCUT2D eigenvalue weighted by Crippen LogP contribution is -2.06. The molecule has 1 aromatic heterocycles. The fourth-order valence-corrected chi connectivity index (χ4v) is 3.07. The van der Waals surface area contributed by atoms with Crippen LogP contribution in [-0.2, 0) is 10.5 Å². The molecule has 0 amide bonds. The van der Waals surface area contributed by atoms with Crippen molar-refractivity contribution in [3.63, 3.8) is 0 Å². The third-order valence-electron chi connectivity index (χ3n) is 3.94. The van der Waals surface area contributed by atoms with Crippen molar-refractivity contribution in [2.24, 2.45) is 15.9 Å². The lowest BCUT2D eigenvalue weighted by atomic mass is 10.2. The number of ether oxygens (including phenoxy) is 2. The molecule has 0 unspecified atom stereocenters. The minimum absolute atomic E-state index is 0.305. The molecule has 3 aromatic rings. The minimum Gasteiger partial charge on any atom is -0.462 e. The van der Waals surface area contributed by atoms with Crippen molar-refractivity contribution in [3.8, 4) is 11.6 Å². The van der Waals surface area contributed by atoms with Crippen LogP contribution in [0.25, 0.3) is 0 Å². The van der Waals surface area contributed by atoms with Crippen LogP contribution in [0.2, 0.25) is 0 Å². The Kier molecular flexibility index (Phi) is 8.19. The predicted octanol–water partition coefficient (Wildman–Crippen LogP) is 4.63. The summed E-state index contributed by atoms with van der Waals surface area (Å²) in [6, 6.07) is 20.4. The van der Waals surface area contributed by atoms with Crippen LogP contribution in [0.1, 0.15) is 28.4 Å². The second kappa shape index (κ2) is 11.5. The highest BCUT2D eigenvalue weighted by Gasteiger charge is 2.08. The average Bonchev–Trinajstić information content (AvgIpc) is 2.80. The number of pyridine rings is 1. The fraction of sp³-hybridized carbons (Fsp3) is 0.130. The van der Waals surface area contributed by atoms with Gasteiger partial charge in [-0.2, -0.15) is 5.10 Å². The van der Waals surface area contributed by atoms with E-state index in [0.29, 0.717) is 29.0 Å². The Bertz CT molecular complexity index is 1050. The number of thioether (sulfide) groups is 1. The Labute approximate surface area is 185 Å². The van der Waals surface area contributed by atoms with Crippen molar-refractivity contribution in [1.82, 2.24) is 4.98 Å². The smallest absolute Gasteiger partial charge is 0.338 e. The van der Waals surface area contributed by atoms with Gasteiger partial charge in [-0.1, -0.05) is 42.1 Å². The maximum Gasteiger partial charge on any atom is 0.338 e. The second-order valence-corrected chi connectivity index (χ2v) is 7.23. The van der Waals surface area contributed by atoms with Crippen molar-refractivity contribution in [2.45, 2.75) is 12.7 Å². The van der Waals surface area contributed by atoms with Gasteiger partial charge < -0.3 is 15.2 Å². The second-order valence-electron chi connectivity index (χ2n) is 6.23. The van der Waals surface area contributed by atoms with E-state index in [-0.39, 0.29) is 0 Å². The third kappa shape index (κ3) is 7.27. The lowest BCUT2D eigenvalue weighted by Gasteiger charge is -2.06. The summed E-state index contributed by atoms with van der Waals surface area (Å²) in [5, 5.41) is 8.43. The molecule has 0 radical (unpaired) electrons. The quantitative estimate of drug-likeness (QED) is 0.240. The zero-order valence-electron chi connectivity index (χ0n) is 17.0. The fourth-order valence-electron chi connectivity index (χ4n) is 2.46. The first-order chi connectivity index (χ1) is 15.1. The minimum atomic E-state index is -0.414. The standard InChI is InChI=1S/C23H22N4O3S/c1-2-29-22(28)19-12-13-25-21(14-19)30-20-10-8-17(9-11-20)15-26-27-23(24)31-16-18-6-4-3-5-7-18/h3-15H,2,16H2,1H3,(H2,24,27). The maximum atomic E-state index is 11.8. The Balaban J connectivity index is 1.54. The molecule has 0 aliphatic carbocycles. The summed E-state index contributed by atoms with van der Waals surface area (Å²) in [6.45, 7) is 2.06. The van der Waals surface area contributed by atoms with Gasteiger partial charge in [-0.05, 0) is 48.4 Å².